The van der Waals surface area contributed by atoms with Crippen LogP contribution in [0.4, 0.5) is 5.82 Å². The minimum absolute atomic E-state index is 0.263. The van der Waals surface area contributed by atoms with Gasteiger partial charge in [-0.25, -0.2) is 4.63 Å². The highest BCUT2D eigenvalue weighted by Crippen LogP contribution is 2.23. The Kier molecular flexibility index (Phi) is 2.09. The van der Waals surface area contributed by atoms with Crippen LogP contribution >= 0.6 is 0 Å². The van der Waals surface area contributed by atoms with Gasteiger partial charge in [-0.1, -0.05) is 6.42 Å². The van der Waals surface area contributed by atoms with Crippen molar-refractivity contribution in [3.8, 4) is 11.5 Å². The highest BCUT2D eigenvalue weighted by atomic mass is 16.6. The van der Waals surface area contributed by atoms with E-state index in [4.69, 9.17) is 5.73 Å². The summed E-state index contributed by atoms with van der Waals surface area (Å²) >= 11 is 0. The lowest BCUT2D eigenvalue weighted by atomic mass is 10.2. The number of nitrogens with two attached hydrogens (primary N) is 1. The summed E-state index contributed by atoms with van der Waals surface area (Å²) in [7, 11) is 0. The van der Waals surface area contributed by atoms with Crippen molar-refractivity contribution < 1.29 is 4.63 Å². The van der Waals surface area contributed by atoms with Crippen molar-refractivity contribution in [2.45, 2.75) is 32.2 Å². The van der Waals surface area contributed by atoms with Gasteiger partial charge in [-0.2, -0.15) is 0 Å². The van der Waals surface area contributed by atoms with Crippen molar-refractivity contribution in [3.63, 3.8) is 0 Å². The maximum atomic E-state index is 5.66. The first-order valence-electron chi connectivity index (χ1n) is 5.37. The van der Waals surface area contributed by atoms with E-state index in [1.807, 2.05) is 0 Å². The van der Waals surface area contributed by atoms with Crippen LogP contribution in [-0.2, 0) is 13.0 Å². The SMILES string of the molecule is Nc1nonc1-c1nnc2n1CCCCC2. The highest BCUT2D eigenvalue weighted by molar-refractivity contribution is 5.62. The van der Waals surface area contributed by atoms with Crippen LogP contribution in [0.2, 0.25) is 0 Å². The van der Waals surface area contributed by atoms with Crippen LogP contribution in [0, 0.1) is 0 Å². The number of nitrogens with zero attached hydrogens (tertiary/aromatic N) is 5. The molecule has 0 aliphatic carbocycles. The molecule has 0 saturated carbocycles. The zero-order valence-electron chi connectivity index (χ0n) is 8.76. The quantitative estimate of drug-likeness (QED) is 0.757. The molecule has 0 amide bonds. The minimum Gasteiger partial charge on any atom is -0.379 e. The van der Waals surface area contributed by atoms with Crippen LogP contribution in [0.15, 0.2) is 4.63 Å². The summed E-state index contributed by atoms with van der Waals surface area (Å²) in [5, 5.41) is 15.6. The average Bonchev–Trinajstić information content (AvgIpc) is 2.78. The Labute approximate surface area is 91.6 Å². The van der Waals surface area contributed by atoms with E-state index in [2.05, 4.69) is 29.7 Å². The molecule has 2 aromatic heterocycles. The Balaban J connectivity index is 2.09. The third kappa shape index (κ3) is 1.36. The summed E-state index contributed by atoms with van der Waals surface area (Å²) in [5.74, 6) is 1.92. The van der Waals surface area contributed by atoms with Crippen molar-refractivity contribution in [3.05, 3.63) is 5.82 Å². The Morgan fingerprint density at radius 2 is 2.06 bits per heavy atom. The fourth-order valence-electron chi connectivity index (χ4n) is 2.01. The molecule has 0 unspecified atom stereocenters. The molecule has 84 valence electrons. The number of fused-ring (bicyclic) bond motifs is 1. The Hall–Kier alpha value is -1.92. The number of aryl methyl sites for hydroxylation is 1. The van der Waals surface area contributed by atoms with Crippen LogP contribution in [0.25, 0.3) is 11.5 Å². The molecule has 3 heterocycles. The van der Waals surface area contributed by atoms with Gasteiger partial charge in [0, 0.05) is 13.0 Å². The largest absolute Gasteiger partial charge is 0.379 e. The molecule has 1 aliphatic heterocycles. The van der Waals surface area contributed by atoms with Gasteiger partial charge in [0.1, 0.15) is 5.82 Å². The minimum atomic E-state index is 0.263. The molecule has 0 fully saturated rings. The third-order valence-electron chi connectivity index (χ3n) is 2.84. The standard InChI is InChI=1S/C9H12N6O/c10-8-7(13-16-14-8)9-12-11-6-4-2-1-3-5-15(6)9/h1-5H2,(H2,10,14). The summed E-state index contributed by atoms with van der Waals surface area (Å²) in [4.78, 5) is 0. The Morgan fingerprint density at radius 3 is 2.88 bits per heavy atom. The van der Waals surface area contributed by atoms with Gasteiger partial charge in [-0.05, 0) is 23.2 Å². The smallest absolute Gasteiger partial charge is 0.199 e. The molecular formula is C9H12N6O. The number of nitrogen functional groups attached to an aromatic ring is 1. The van der Waals surface area contributed by atoms with E-state index in [9.17, 15) is 0 Å². The second-order valence-corrected chi connectivity index (χ2v) is 3.90. The number of aromatic nitrogens is 5. The Morgan fingerprint density at radius 1 is 1.12 bits per heavy atom. The summed E-state index contributed by atoms with van der Waals surface area (Å²) in [5.41, 5.74) is 6.14. The van der Waals surface area contributed by atoms with E-state index < -0.39 is 0 Å². The van der Waals surface area contributed by atoms with Crippen molar-refractivity contribution in [1.82, 2.24) is 25.1 Å². The van der Waals surface area contributed by atoms with Gasteiger partial charge in [-0.3, -0.25) is 0 Å². The highest BCUT2D eigenvalue weighted by Gasteiger charge is 2.20. The molecule has 2 N–H and O–H groups in total. The van der Waals surface area contributed by atoms with Gasteiger partial charge in [0.25, 0.3) is 0 Å². The molecule has 0 aromatic carbocycles. The normalized spacial score (nSPS) is 15.8. The van der Waals surface area contributed by atoms with Gasteiger partial charge in [0.2, 0.25) is 0 Å². The first kappa shape index (κ1) is 9.32. The number of anilines is 1. The second kappa shape index (κ2) is 3.58. The number of hydrogen-bond donors (Lipinski definition) is 1. The Bertz CT molecular complexity index is 502. The predicted octanol–water partition coefficient (Wildman–Crippen LogP) is 0.637. The molecule has 7 nitrogen and oxygen atoms in total. The van der Waals surface area contributed by atoms with E-state index in [1.165, 1.54) is 6.42 Å². The van der Waals surface area contributed by atoms with E-state index >= 15 is 0 Å². The van der Waals surface area contributed by atoms with Crippen LogP contribution in [0.3, 0.4) is 0 Å². The lowest BCUT2D eigenvalue weighted by molar-refractivity contribution is 0.310. The van der Waals surface area contributed by atoms with E-state index in [0.717, 1.165) is 31.6 Å². The van der Waals surface area contributed by atoms with Crippen molar-refractivity contribution in [1.29, 1.82) is 0 Å². The van der Waals surface area contributed by atoms with Gasteiger partial charge in [0.05, 0.1) is 0 Å². The van der Waals surface area contributed by atoms with Crippen LogP contribution in [0.5, 0.6) is 0 Å². The molecule has 2 aromatic rings. The fourth-order valence-corrected chi connectivity index (χ4v) is 2.01. The molecule has 3 rings (SSSR count). The molecule has 0 radical (unpaired) electrons. The van der Waals surface area contributed by atoms with Crippen LogP contribution in [0.1, 0.15) is 25.1 Å². The van der Waals surface area contributed by atoms with E-state index in [-0.39, 0.29) is 5.82 Å². The fraction of sp³-hybridized carbons (Fsp3) is 0.556. The first-order valence-corrected chi connectivity index (χ1v) is 5.37. The van der Waals surface area contributed by atoms with Gasteiger partial charge in [-0.15, -0.1) is 10.2 Å². The molecular weight excluding hydrogens is 208 g/mol. The van der Waals surface area contributed by atoms with E-state index in [1.54, 1.807) is 0 Å². The molecule has 1 aliphatic rings. The predicted molar refractivity (Wildman–Crippen MR) is 55.3 cm³/mol. The third-order valence-corrected chi connectivity index (χ3v) is 2.84. The zero-order chi connectivity index (χ0) is 11.0. The molecule has 0 saturated heterocycles. The molecule has 0 bridgehead atoms. The number of hydrogen-bond acceptors (Lipinski definition) is 6. The number of rotatable bonds is 1. The van der Waals surface area contributed by atoms with Crippen molar-refractivity contribution in [2.75, 3.05) is 5.73 Å². The summed E-state index contributed by atoms with van der Waals surface area (Å²) in [6, 6.07) is 0. The van der Waals surface area contributed by atoms with Crippen molar-refractivity contribution in [2.24, 2.45) is 0 Å². The van der Waals surface area contributed by atoms with Gasteiger partial charge < -0.3 is 10.3 Å². The summed E-state index contributed by atoms with van der Waals surface area (Å²) in [6.45, 7) is 0.907. The second-order valence-electron chi connectivity index (χ2n) is 3.90. The van der Waals surface area contributed by atoms with Gasteiger partial charge in [0.15, 0.2) is 17.3 Å². The topological polar surface area (TPSA) is 95.7 Å². The summed E-state index contributed by atoms with van der Waals surface area (Å²) < 4.78 is 6.64. The zero-order valence-corrected chi connectivity index (χ0v) is 8.76. The molecule has 16 heavy (non-hydrogen) atoms. The monoisotopic (exact) mass is 220 g/mol. The average molecular weight is 220 g/mol. The maximum Gasteiger partial charge on any atom is 0.199 e. The molecule has 0 atom stereocenters. The lowest BCUT2D eigenvalue weighted by Crippen LogP contribution is -2.04. The summed E-state index contributed by atoms with van der Waals surface area (Å²) in [6.07, 6.45) is 4.46. The maximum absolute atomic E-state index is 5.66. The van der Waals surface area contributed by atoms with Crippen LogP contribution in [-0.4, -0.2) is 25.1 Å². The van der Waals surface area contributed by atoms with Crippen LogP contribution < -0.4 is 5.73 Å². The van der Waals surface area contributed by atoms with E-state index in [0.29, 0.717) is 11.5 Å². The van der Waals surface area contributed by atoms with Gasteiger partial charge >= 0.3 is 0 Å². The lowest BCUT2D eigenvalue weighted by Gasteiger charge is -2.03. The first-order chi connectivity index (χ1) is 7.86. The molecule has 0 spiro atoms. The molecule has 7 heteroatoms. The van der Waals surface area contributed by atoms with Crippen molar-refractivity contribution >= 4 is 5.82 Å².